The molecular formula is C15H18ClNO3S. The number of benzene rings is 1. The van der Waals surface area contributed by atoms with E-state index in [1.54, 1.807) is 12.1 Å². The zero-order valence-corrected chi connectivity index (χ0v) is 13.6. The van der Waals surface area contributed by atoms with Gasteiger partial charge < -0.3 is 10.1 Å². The fourth-order valence-electron chi connectivity index (χ4n) is 2.01. The van der Waals surface area contributed by atoms with Crippen LogP contribution in [0.2, 0.25) is 5.02 Å². The van der Waals surface area contributed by atoms with Crippen molar-refractivity contribution < 1.29 is 14.3 Å². The lowest BCUT2D eigenvalue weighted by Crippen LogP contribution is -2.37. The van der Waals surface area contributed by atoms with Crippen molar-refractivity contribution in [1.82, 2.24) is 5.32 Å². The van der Waals surface area contributed by atoms with E-state index in [2.05, 4.69) is 5.32 Å². The molecule has 0 aromatic heterocycles. The summed E-state index contributed by atoms with van der Waals surface area (Å²) in [5, 5.41) is 3.16. The first-order chi connectivity index (χ1) is 10.0. The van der Waals surface area contributed by atoms with Gasteiger partial charge in [0.15, 0.2) is 6.61 Å². The first kappa shape index (κ1) is 16.2. The maximum atomic E-state index is 12.0. The van der Waals surface area contributed by atoms with E-state index in [0.717, 1.165) is 17.7 Å². The first-order valence-electron chi connectivity index (χ1n) is 6.81. The Kier molecular flexibility index (Phi) is 5.53. The Hall–Kier alpha value is -1.20. The molecule has 2 rings (SSSR count). The summed E-state index contributed by atoms with van der Waals surface area (Å²) in [6.07, 6.45) is 4.21. The molecule has 0 spiro atoms. The maximum absolute atomic E-state index is 12.0. The second-order valence-corrected chi connectivity index (χ2v) is 6.40. The molecular weight excluding hydrogens is 310 g/mol. The Morgan fingerprint density at radius 3 is 2.81 bits per heavy atom. The number of ether oxygens (including phenoxy) is 1. The van der Waals surface area contributed by atoms with Gasteiger partial charge in [-0.2, -0.15) is 0 Å². The van der Waals surface area contributed by atoms with Crippen LogP contribution in [-0.2, 0) is 9.53 Å². The lowest BCUT2D eigenvalue weighted by Gasteiger charge is -2.13. The number of nitrogens with one attached hydrogen (secondary N) is 1. The molecule has 21 heavy (non-hydrogen) atoms. The van der Waals surface area contributed by atoms with Gasteiger partial charge in [-0.05, 0) is 50.1 Å². The summed E-state index contributed by atoms with van der Waals surface area (Å²) in [4.78, 5) is 24.6. The van der Waals surface area contributed by atoms with Gasteiger partial charge in [-0.3, -0.25) is 4.79 Å². The van der Waals surface area contributed by atoms with E-state index in [4.69, 9.17) is 16.3 Å². The van der Waals surface area contributed by atoms with E-state index < -0.39 is 5.97 Å². The normalized spacial score (nSPS) is 15.4. The van der Waals surface area contributed by atoms with E-state index in [9.17, 15) is 9.59 Å². The predicted molar refractivity (Wildman–Crippen MR) is 83.8 cm³/mol. The van der Waals surface area contributed by atoms with Crippen molar-refractivity contribution in [1.29, 1.82) is 0 Å². The second kappa shape index (κ2) is 7.18. The minimum atomic E-state index is -0.579. The van der Waals surface area contributed by atoms with Gasteiger partial charge in [0.1, 0.15) is 0 Å². The minimum Gasteiger partial charge on any atom is -0.452 e. The molecule has 1 aromatic rings. The van der Waals surface area contributed by atoms with E-state index in [1.807, 2.05) is 19.2 Å². The zero-order chi connectivity index (χ0) is 15.4. The molecule has 1 fully saturated rings. The molecule has 0 bridgehead atoms. The lowest BCUT2D eigenvalue weighted by atomic mass is 10.2. The van der Waals surface area contributed by atoms with Crippen LogP contribution in [0.4, 0.5) is 0 Å². The van der Waals surface area contributed by atoms with Crippen molar-refractivity contribution in [3.63, 3.8) is 0 Å². The molecule has 1 atom stereocenters. The summed E-state index contributed by atoms with van der Waals surface area (Å²) in [6, 6.07) is 5.28. The van der Waals surface area contributed by atoms with E-state index in [0.29, 0.717) is 10.9 Å². The van der Waals surface area contributed by atoms with Crippen LogP contribution in [0.3, 0.4) is 0 Å². The molecule has 1 aliphatic carbocycles. The SMILES string of the molecule is CSc1ccc(Cl)c(C(=O)OCC(=O)N[C@@H](C)C2CC2)c1. The predicted octanol–water partition coefficient (Wildman–Crippen LogP) is 3.13. The van der Waals surface area contributed by atoms with E-state index in [1.165, 1.54) is 11.8 Å². The molecule has 1 aromatic carbocycles. The number of hydrogen-bond donors (Lipinski definition) is 1. The third kappa shape index (κ3) is 4.64. The van der Waals surface area contributed by atoms with Gasteiger partial charge in [0, 0.05) is 10.9 Å². The molecule has 0 radical (unpaired) electrons. The Morgan fingerprint density at radius 2 is 2.19 bits per heavy atom. The first-order valence-corrected chi connectivity index (χ1v) is 8.41. The van der Waals surface area contributed by atoms with Gasteiger partial charge in [-0.1, -0.05) is 11.6 Å². The van der Waals surface area contributed by atoms with E-state index in [-0.39, 0.29) is 24.1 Å². The molecule has 6 heteroatoms. The highest BCUT2D eigenvalue weighted by atomic mass is 35.5. The van der Waals surface area contributed by atoms with Crippen LogP contribution in [0, 0.1) is 5.92 Å². The highest BCUT2D eigenvalue weighted by molar-refractivity contribution is 7.98. The quantitative estimate of drug-likeness (QED) is 0.644. The highest BCUT2D eigenvalue weighted by Crippen LogP contribution is 2.32. The number of amides is 1. The van der Waals surface area contributed by atoms with Gasteiger partial charge in [-0.15, -0.1) is 11.8 Å². The van der Waals surface area contributed by atoms with Crippen molar-refractivity contribution >= 4 is 35.2 Å². The molecule has 1 amide bonds. The zero-order valence-electron chi connectivity index (χ0n) is 12.0. The molecule has 0 heterocycles. The summed E-state index contributed by atoms with van der Waals surface area (Å²) in [7, 11) is 0. The standard InChI is InChI=1S/C15H18ClNO3S/c1-9(10-3-4-10)17-14(18)8-20-15(19)12-7-11(21-2)5-6-13(12)16/h5-7,9-10H,3-4,8H2,1-2H3,(H,17,18)/t9-/m0/s1. The third-order valence-electron chi connectivity index (χ3n) is 3.45. The molecule has 1 aliphatic rings. The average molecular weight is 328 g/mol. The number of rotatable bonds is 6. The Balaban J connectivity index is 1.87. The van der Waals surface area contributed by atoms with Crippen molar-refractivity contribution in [3.05, 3.63) is 28.8 Å². The Bertz CT molecular complexity index is 546. The average Bonchev–Trinajstić information content (AvgIpc) is 3.30. The van der Waals surface area contributed by atoms with Crippen molar-refractivity contribution in [2.45, 2.75) is 30.7 Å². The number of carbonyl (C=O) groups excluding carboxylic acids is 2. The molecule has 0 saturated heterocycles. The summed E-state index contributed by atoms with van der Waals surface area (Å²) in [6.45, 7) is 1.69. The van der Waals surface area contributed by atoms with Gasteiger partial charge in [0.05, 0.1) is 10.6 Å². The van der Waals surface area contributed by atoms with Gasteiger partial charge in [-0.25, -0.2) is 4.79 Å². The lowest BCUT2D eigenvalue weighted by molar-refractivity contribution is -0.124. The Morgan fingerprint density at radius 1 is 1.48 bits per heavy atom. The molecule has 4 nitrogen and oxygen atoms in total. The van der Waals surface area contributed by atoms with Crippen LogP contribution in [-0.4, -0.2) is 30.8 Å². The maximum Gasteiger partial charge on any atom is 0.340 e. The molecule has 0 unspecified atom stereocenters. The number of esters is 1. The van der Waals surface area contributed by atoms with Crippen LogP contribution in [0.5, 0.6) is 0 Å². The fourth-order valence-corrected chi connectivity index (χ4v) is 2.64. The van der Waals surface area contributed by atoms with Gasteiger partial charge >= 0.3 is 5.97 Å². The number of thioether (sulfide) groups is 1. The fraction of sp³-hybridized carbons (Fsp3) is 0.467. The molecule has 1 saturated carbocycles. The molecule has 114 valence electrons. The monoisotopic (exact) mass is 327 g/mol. The van der Waals surface area contributed by atoms with Crippen LogP contribution in [0.15, 0.2) is 23.1 Å². The summed E-state index contributed by atoms with van der Waals surface area (Å²) < 4.78 is 5.03. The third-order valence-corrected chi connectivity index (χ3v) is 4.50. The minimum absolute atomic E-state index is 0.139. The van der Waals surface area contributed by atoms with Crippen molar-refractivity contribution in [2.24, 2.45) is 5.92 Å². The van der Waals surface area contributed by atoms with Crippen LogP contribution < -0.4 is 5.32 Å². The van der Waals surface area contributed by atoms with Crippen molar-refractivity contribution in [3.8, 4) is 0 Å². The summed E-state index contributed by atoms with van der Waals surface area (Å²) in [5.74, 6) is -0.289. The number of hydrogen-bond acceptors (Lipinski definition) is 4. The highest BCUT2D eigenvalue weighted by Gasteiger charge is 2.29. The topological polar surface area (TPSA) is 55.4 Å². The number of carbonyl (C=O) groups is 2. The van der Waals surface area contributed by atoms with Crippen molar-refractivity contribution in [2.75, 3.05) is 12.9 Å². The Labute approximate surface area is 133 Å². The summed E-state index contributed by atoms with van der Waals surface area (Å²) in [5.41, 5.74) is 0.284. The molecule has 0 aliphatic heterocycles. The smallest absolute Gasteiger partial charge is 0.340 e. The van der Waals surface area contributed by atoms with Crippen LogP contribution in [0.25, 0.3) is 0 Å². The second-order valence-electron chi connectivity index (χ2n) is 5.12. The number of halogens is 1. The van der Waals surface area contributed by atoms with Crippen LogP contribution >= 0.6 is 23.4 Å². The summed E-state index contributed by atoms with van der Waals surface area (Å²) >= 11 is 7.49. The van der Waals surface area contributed by atoms with E-state index >= 15 is 0 Å². The van der Waals surface area contributed by atoms with Crippen LogP contribution in [0.1, 0.15) is 30.1 Å². The largest absolute Gasteiger partial charge is 0.452 e. The van der Waals surface area contributed by atoms with Gasteiger partial charge in [0.2, 0.25) is 0 Å². The van der Waals surface area contributed by atoms with Gasteiger partial charge in [0.25, 0.3) is 5.91 Å². The molecule has 1 N–H and O–H groups in total.